The highest BCUT2D eigenvalue weighted by molar-refractivity contribution is 7.91. The normalized spacial score (nSPS) is 21.8. The van der Waals surface area contributed by atoms with Crippen LogP contribution in [0.5, 0.6) is 0 Å². The Bertz CT molecular complexity index is 573. The molecule has 7 heteroatoms. The molecule has 2 fully saturated rings. The maximum atomic E-state index is 12.6. The number of likely N-dealkylation sites (N-methyl/N-ethyl adjacent to an activating group) is 1. The van der Waals surface area contributed by atoms with E-state index in [1.54, 1.807) is 4.31 Å². The molecule has 0 aromatic carbocycles. The molecule has 0 bridgehead atoms. The zero-order valence-corrected chi connectivity index (χ0v) is 14.0. The van der Waals surface area contributed by atoms with E-state index in [1.807, 2.05) is 11.4 Å². The Morgan fingerprint density at radius 1 is 1.29 bits per heavy atom. The molecule has 2 aliphatic rings. The molecule has 0 atom stereocenters. The summed E-state index contributed by atoms with van der Waals surface area (Å²) in [7, 11) is -3.30. The van der Waals surface area contributed by atoms with E-state index in [0.717, 1.165) is 31.7 Å². The molecule has 1 aliphatic heterocycles. The Morgan fingerprint density at radius 2 is 2.00 bits per heavy atom. The molecule has 0 spiro atoms. The molecule has 1 N–H and O–H groups in total. The van der Waals surface area contributed by atoms with Gasteiger partial charge in [0.25, 0.3) is 10.0 Å². The van der Waals surface area contributed by atoms with Gasteiger partial charge in [-0.25, -0.2) is 8.42 Å². The van der Waals surface area contributed by atoms with Crippen molar-refractivity contribution in [3.8, 4) is 0 Å². The number of nitrogens with one attached hydrogen (secondary N) is 1. The van der Waals surface area contributed by atoms with Crippen molar-refractivity contribution in [2.75, 3.05) is 32.7 Å². The molecule has 1 aliphatic carbocycles. The zero-order chi connectivity index (χ0) is 14.9. The molecule has 2 heterocycles. The van der Waals surface area contributed by atoms with Crippen LogP contribution in [0.15, 0.2) is 15.7 Å². The van der Waals surface area contributed by atoms with E-state index in [9.17, 15) is 8.42 Å². The summed E-state index contributed by atoms with van der Waals surface area (Å²) in [6.45, 7) is 6.74. The number of sulfonamides is 1. The lowest BCUT2D eigenvalue weighted by atomic mass is 10.3. The second-order valence-corrected chi connectivity index (χ2v) is 8.84. The first-order valence-corrected chi connectivity index (χ1v) is 9.95. The molecule has 5 nitrogen and oxygen atoms in total. The van der Waals surface area contributed by atoms with Gasteiger partial charge in [0, 0.05) is 38.8 Å². The van der Waals surface area contributed by atoms with Crippen LogP contribution in [0.3, 0.4) is 0 Å². The molecule has 0 unspecified atom stereocenters. The topological polar surface area (TPSA) is 52.7 Å². The quantitative estimate of drug-likeness (QED) is 0.855. The number of thiophene rings is 1. The van der Waals surface area contributed by atoms with Gasteiger partial charge < -0.3 is 10.2 Å². The lowest BCUT2D eigenvalue weighted by Gasteiger charge is -2.32. The number of piperazine rings is 1. The molecule has 21 heavy (non-hydrogen) atoms. The van der Waals surface area contributed by atoms with Gasteiger partial charge in [0.1, 0.15) is 4.21 Å². The van der Waals surface area contributed by atoms with Crippen molar-refractivity contribution in [3.63, 3.8) is 0 Å². The summed E-state index contributed by atoms with van der Waals surface area (Å²) in [4.78, 5) is 2.28. The number of rotatable bonds is 6. The van der Waals surface area contributed by atoms with Gasteiger partial charge in [-0.3, -0.25) is 0 Å². The minimum Gasteiger partial charge on any atom is -0.310 e. The molecule has 0 radical (unpaired) electrons. The highest BCUT2D eigenvalue weighted by Gasteiger charge is 2.29. The molecule has 3 rings (SSSR count). The molecule has 0 amide bonds. The predicted molar refractivity (Wildman–Crippen MR) is 85.1 cm³/mol. The van der Waals surface area contributed by atoms with E-state index in [2.05, 4.69) is 17.1 Å². The van der Waals surface area contributed by atoms with Crippen molar-refractivity contribution in [1.82, 2.24) is 14.5 Å². The van der Waals surface area contributed by atoms with Crippen LogP contribution in [-0.2, 0) is 16.6 Å². The Morgan fingerprint density at radius 3 is 2.62 bits per heavy atom. The molecule has 1 aromatic rings. The largest absolute Gasteiger partial charge is 0.310 e. The van der Waals surface area contributed by atoms with Gasteiger partial charge in [-0.2, -0.15) is 4.31 Å². The summed E-state index contributed by atoms with van der Waals surface area (Å²) in [6, 6.07) is 2.48. The van der Waals surface area contributed by atoms with Crippen molar-refractivity contribution in [2.24, 2.45) is 0 Å². The molecule has 118 valence electrons. The summed E-state index contributed by atoms with van der Waals surface area (Å²) >= 11 is 1.35. The van der Waals surface area contributed by atoms with E-state index in [-0.39, 0.29) is 0 Å². The fourth-order valence-corrected chi connectivity index (χ4v) is 5.33. The van der Waals surface area contributed by atoms with Gasteiger partial charge in [0.15, 0.2) is 0 Å². The minimum atomic E-state index is -3.30. The fraction of sp³-hybridized carbons (Fsp3) is 0.714. The Balaban J connectivity index is 1.63. The van der Waals surface area contributed by atoms with Gasteiger partial charge in [-0.05, 0) is 36.4 Å². The van der Waals surface area contributed by atoms with E-state index >= 15 is 0 Å². The number of nitrogens with zero attached hydrogens (tertiary/aromatic N) is 2. The SMILES string of the molecule is CCN1CCN(S(=O)(=O)c2cc(CNC3CC3)cs2)CC1. The second kappa shape index (κ2) is 6.34. The summed E-state index contributed by atoms with van der Waals surface area (Å²) < 4.78 is 27.4. The van der Waals surface area contributed by atoms with Crippen molar-refractivity contribution < 1.29 is 8.42 Å². The third-order valence-corrected chi connectivity index (χ3v) is 7.54. The van der Waals surface area contributed by atoms with Gasteiger partial charge in [-0.1, -0.05) is 6.92 Å². The predicted octanol–water partition coefficient (Wildman–Crippen LogP) is 1.33. The van der Waals surface area contributed by atoms with Crippen molar-refractivity contribution in [3.05, 3.63) is 17.0 Å². The monoisotopic (exact) mass is 329 g/mol. The average molecular weight is 329 g/mol. The maximum absolute atomic E-state index is 12.6. The van der Waals surface area contributed by atoms with Gasteiger partial charge in [0.2, 0.25) is 0 Å². The first kappa shape index (κ1) is 15.4. The van der Waals surface area contributed by atoms with Gasteiger partial charge in [-0.15, -0.1) is 11.3 Å². The fourth-order valence-electron chi connectivity index (χ4n) is 2.54. The molecular formula is C14H23N3O2S2. The molecule has 1 saturated carbocycles. The van der Waals surface area contributed by atoms with Crippen molar-refractivity contribution in [1.29, 1.82) is 0 Å². The van der Waals surface area contributed by atoms with E-state index in [4.69, 9.17) is 0 Å². The Labute approximate surface area is 131 Å². The first-order valence-electron chi connectivity index (χ1n) is 7.63. The van der Waals surface area contributed by atoms with Crippen LogP contribution >= 0.6 is 11.3 Å². The lowest BCUT2D eigenvalue weighted by Crippen LogP contribution is -2.48. The highest BCUT2D eigenvalue weighted by Crippen LogP contribution is 2.26. The Kier molecular flexibility index (Phi) is 4.66. The Hall–Kier alpha value is -0.470. The zero-order valence-electron chi connectivity index (χ0n) is 12.4. The van der Waals surface area contributed by atoms with E-state index in [0.29, 0.717) is 23.3 Å². The van der Waals surface area contributed by atoms with Crippen LogP contribution in [0.1, 0.15) is 25.3 Å². The first-order chi connectivity index (χ1) is 10.1. The average Bonchev–Trinajstić information content (AvgIpc) is 3.21. The lowest BCUT2D eigenvalue weighted by molar-refractivity contribution is 0.196. The van der Waals surface area contributed by atoms with Crippen molar-refractivity contribution >= 4 is 21.4 Å². The van der Waals surface area contributed by atoms with Crippen LogP contribution in [0, 0.1) is 0 Å². The summed E-state index contributed by atoms with van der Waals surface area (Å²) in [6.07, 6.45) is 2.49. The van der Waals surface area contributed by atoms with Crippen LogP contribution in [0.25, 0.3) is 0 Å². The van der Waals surface area contributed by atoms with E-state index in [1.165, 1.54) is 24.2 Å². The van der Waals surface area contributed by atoms with Crippen LogP contribution in [0.2, 0.25) is 0 Å². The molecular weight excluding hydrogens is 306 g/mol. The minimum absolute atomic E-state index is 0.486. The number of hydrogen-bond donors (Lipinski definition) is 1. The summed E-state index contributed by atoms with van der Waals surface area (Å²) in [5.41, 5.74) is 1.08. The molecule has 1 saturated heterocycles. The second-order valence-electron chi connectivity index (χ2n) is 5.77. The van der Waals surface area contributed by atoms with Crippen LogP contribution in [-0.4, -0.2) is 56.4 Å². The van der Waals surface area contributed by atoms with Crippen molar-refractivity contribution in [2.45, 2.75) is 36.6 Å². The number of hydrogen-bond acceptors (Lipinski definition) is 5. The maximum Gasteiger partial charge on any atom is 0.252 e. The molecule has 1 aromatic heterocycles. The van der Waals surface area contributed by atoms with Crippen LogP contribution in [0.4, 0.5) is 0 Å². The standard InChI is InChI=1S/C14H23N3O2S2/c1-2-16-5-7-17(8-6-16)21(18,19)14-9-12(11-20-14)10-15-13-3-4-13/h9,11,13,15H,2-8,10H2,1H3. The smallest absolute Gasteiger partial charge is 0.252 e. The van der Waals surface area contributed by atoms with Crippen LogP contribution < -0.4 is 5.32 Å². The summed E-state index contributed by atoms with van der Waals surface area (Å²) in [5.74, 6) is 0. The summed E-state index contributed by atoms with van der Waals surface area (Å²) in [5, 5.41) is 5.39. The highest BCUT2D eigenvalue weighted by atomic mass is 32.2. The third-order valence-electron chi connectivity index (χ3n) is 4.17. The third kappa shape index (κ3) is 3.65. The van der Waals surface area contributed by atoms with Gasteiger partial charge in [0.05, 0.1) is 0 Å². The van der Waals surface area contributed by atoms with E-state index < -0.39 is 10.0 Å². The van der Waals surface area contributed by atoms with Gasteiger partial charge >= 0.3 is 0 Å².